The van der Waals surface area contributed by atoms with Gasteiger partial charge in [-0.3, -0.25) is 0 Å². The Labute approximate surface area is 94.9 Å². The molecule has 3 N–H and O–H groups in total. The van der Waals surface area contributed by atoms with Crippen LogP contribution in [0, 0.1) is 0 Å². The topological polar surface area (TPSA) is 59.1 Å². The van der Waals surface area contributed by atoms with Gasteiger partial charge >= 0.3 is 6.18 Å². The van der Waals surface area contributed by atoms with Crippen molar-refractivity contribution < 1.29 is 18.3 Å². The molecule has 1 atom stereocenters. The molecule has 0 aliphatic rings. The van der Waals surface area contributed by atoms with Gasteiger partial charge in [0.1, 0.15) is 0 Å². The molecular weight excluding hydrogens is 241 g/mol. The zero-order valence-corrected chi connectivity index (χ0v) is 9.05. The minimum Gasteiger partial charge on any atom is -0.391 e. The van der Waals surface area contributed by atoms with E-state index in [4.69, 9.17) is 10.8 Å². The van der Waals surface area contributed by atoms with Crippen LogP contribution in [0.1, 0.15) is 5.56 Å². The van der Waals surface area contributed by atoms with Gasteiger partial charge in [-0.15, -0.1) is 11.8 Å². The lowest BCUT2D eigenvalue weighted by Crippen LogP contribution is -2.21. The third-order valence-corrected chi connectivity index (χ3v) is 2.85. The Morgan fingerprint density at radius 3 is 2.56 bits per heavy atom. The number of thioether (sulfide) groups is 1. The summed E-state index contributed by atoms with van der Waals surface area (Å²) in [5, 5.41) is 9.58. The summed E-state index contributed by atoms with van der Waals surface area (Å²) in [6, 6.07) is 2.24. The van der Waals surface area contributed by atoms with Gasteiger partial charge in [0.25, 0.3) is 0 Å². The second-order valence-electron chi connectivity index (χ2n) is 3.08. The minimum atomic E-state index is -4.37. The summed E-state index contributed by atoms with van der Waals surface area (Å²) >= 11 is 1.16. The van der Waals surface area contributed by atoms with E-state index in [1.54, 1.807) is 0 Å². The van der Waals surface area contributed by atoms with E-state index in [1.807, 2.05) is 0 Å². The Bertz CT molecular complexity index is 329. The van der Waals surface area contributed by atoms with Gasteiger partial charge in [0.05, 0.1) is 16.7 Å². The molecule has 1 aromatic rings. The molecule has 16 heavy (non-hydrogen) atoms. The number of rotatable bonds is 4. The Morgan fingerprint density at radius 1 is 1.44 bits per heavy atom. The minimum absolute atomic E-state index is 0.119. The molecule has 1 rings (SSSR count). The van der Waals surface area contributed by atoms with Gasteiger partial charge in [0, 0.05) is 18.5 Å². The van der Waals surface area contributed by atoms with Crippen LogP contribution < -0.4 is 5.73 Å². The van der Waals surface area contributed by atoms with Crippen molar-refractivity contribution in [3.8, 4) is 0 Å². The highest BCUT2D eigenvalue weighted by Crippen LogP contribution is 2.29. The fraction of sp³-hybridized carbons (Fsp3) is 0.444. The number of nitrogens with zero attached hydrogens (tertiary/aromatic N) is 1. The quantitative estimate of drug-likeness (QED) is 0.797. The third-order valence-electron chi connectivity index (χ3n) is 1.76. The molecule has 0 bridgehead atoms. The Kier molecular flexibility index (Phi) is 4.57. The fourth-order valence-corrected chi connectivity index (χ4v) is 1.67. The van der Waals surface area contributed by atoms with E-state index in [1.165, 1.54) is 6.07 Å². The normalized spacial score (nSPS) is 13.8. The summed E-state index contributed by atoms with van der Waals surface area (Å²) in [7, 11) is 0. The van der Waals surface area contributed by atoms with E-state index in [0.29, 0.717) is 10.8 Å². The summed E-state index contributed by atoms with van der Waals surface area (Å²) in [5.74, 6) is 0.314. The number of nitrogens with two attached hydrogens (primary N) is 1. The molecule has 90 valence electrons. The molecule has 0 saturated heterocycles. The molecule has 1 unspecified atom stereocenters. The summed E-state index contributed by atoms with van der Waals surface area (Å²) in [6.45, 7) is 0.119. The maximum atomic E-state index is 12.2. The highest BCUT2D eigenvalue weighted by Gasteiger charge is 2.30. The van der Waals surface area contributed by atoms with Crippen LogP contribution in [-0.2, 0) is 6.18 Å². The van der Waals surface area contributed by atoms with E-state index in [2.05, 4.69) is 4.98 Å². The Hall–Kier alpha value is -0.790. The van der Waals surface area contributed by atoms with Crippen molar-refractivity contribution in [2.24, 2.45) is 5.73 Å². The number of aromatic nitrogens is 1. The van der Waals surface area contributed by atoms with Gasteiger partial charge in [0.15, 0.2) is 0 Å². The number of alkyl halides is 3. The zero-order chi connectivity index (χ0) is 12.2. The first kappa shape index (κ1) is 13.3. The van der Waals surface area contributed by atoms with Crippen molar-refractivity contribution in [1.29, 1.82) is 0 Å². The number of halogens is 3. The third kappa shape index (κ3) is 3.99. The molecule has 0 amide bonds. The maximum Gasteiger partial charge on any atom is 0.417 e. The first-order chi connectivity index (χ1) is 7.43. The van der Waals surface area contributed by atoms with Crippen LogP contribution in [0.4, 0.5) is 13.2 Å². The van der Waals surface area contributed by atoms with Crippen molar-refractivity contribution in [3.63, 3.8) is 0 Å². The van der Waals surface area contributed by atoms with Gasteiger partial charge in [-0.25, -0.2) is 4.98 Å². The van der Waals surface area contributed by atoms with Crippen molar-refractivity contribution in [3.05, 3.63) is 23.9 Å². The van der Waals surface area contributed by atoms with Crippen LogP contribution >= 0.6 is 11.8 Å². The van der Waals surface area contributed by atoms with Gasteiger partial charge in [-0.05, 0) is 12.1 Å². The molecule has 1 aromatic heterocycles. The largest absolute Gasteiger partial charge is 0.417 e. The summed E-state index contributed by atoms with van der Waals surface area (Å²) in [4.78, 5) is 3.64. The summed E-state index contributed by atoms with van der Waals surface area (Å²) < 4.78 is 36.6. The average molecular weight is 252 g/mol. The highest BCUT2D eigenvalue weighted by atomic mass is 32.2. The second kappa shape index (κ2) is 5.51. The first-order valence-electron chi connectivity index (χ1n) is 4.47. The zero-order valence-electron chi connectivity index (χ0n) is 8.24. The maximum absolute atomic E-state index is 12.2. The lowest BCUT2D eigenvalue weighted by Gasteiger charge is -2.08. The molecule has 0 saturated carbocycles. The number of hydrogen-bond acceptors (Lipinski definition) is 4. The predicted molar refractivity (Wildman–Crippen MR) is 55.0 cm³/mol. The first-order valence-corrected chi connectivity index (χ1v) is 5.46. The highest BCUT2D eigenvalue weighted by molar-refractivity contribution is 7.99. The molecule has 0 aromatic carbocycles. The Morgan fingerprint density at radius 2 is 2.12 bits per heavy atom. The number of hydrogen-bond donors (Lipinski definition) is 2. The molecule has 0 radical (unpaired) electrons. The van der Waals surface area contributed by atoms with Crippen LogP contribution in [0.25, 0.3) is 0 Å². The predicted octanol–water partition coefficient (Wildman–Crippen LogP) is 1.51. The molecule has 0 aliphatic heterocycles. The molecule has 7 heteroatoms. The van der Waals surface area contributed by atoms with Crippen LogP contribution in [0.3, 0.4) is 0 Å². The number of pyridine rings is 1. The van der Waals surface area contributed by atoms with Crippen molar-refractivity contribution in [1.82, 2.24) is 4.98 Å². The molecular formula is C9H11F3N2OS. The smallest absolute Gasteiger partial charge is 0.391 e. The van der Waals surface area contributed by atoms with Crippen LogP contribution in [-0.4, -0.2) is 28.5 Å². The molecule has 3 nitrogen and oxygen atoms in total. The van der Waals surface area contributed by atoms with E-state index in [-0.39, 0.29) is 6.54 Å². The van der Waals surface area contributed by atoms with Gasteiger partial charge < -0.3 is 10.8 Å². The van der Waals surface area contributed by atoms with Crippen molar-refractivity contribution in [2.75, 3.05) is 12.3 Å². The van der Waals surface area contributed by atoms with Crippen LogP contribution in [0.15, 0.2) is 23.4 Å². The molecule has 0 spiro atoms. The summed E-state index contributed by atoms with van der Waals surface area (Å²) in [5.41, 5.74) is 4.40. The fourth-order valence-electron chi connectivity index (χ4n) is 0.883. The average Bonchev–Trinajstić information content (AvgIpc) is 2.25. The SMILES string of the molecule is NCC(O)CSc1ccc(C(F)(F)F)cn1. The number of aliphatic hydroxyl groups excluding tert-OH is 1. The van der Waals surface area contributed by atoms with E-state index < -0.39 is 17.8 Å². The standard InChI is InChI=1S/C9H11F3N2OS/c10-9(11,12)6-1-2-8(14-4-6)16-5-7(15)3-13/h1-2,4,7,15H,3,5,13H2. The van der Waals surface area contributed by atoms with E-state index >= 15 is 0 Å². The second-order valence-corrected chi connectivity index (χ2v) is 4.12. The lowest BCUT2D eigenvalue weighted by molar-refractivity contribution is -0.137. The molecule has 1 heterocycles. The van der Waals surface area contributed by atoms with Gasteiger partial charge in [-0.1, -0.05) is 0 Å². The molecule has 0 fully saturated rings. The van der Waals surface area contributed by atoms with Gasteiger partial charge in [-0.2, -0.15) is 13.2 Å². The monoisotopic (exact) mass is 252 g/mol. The van der Waals surface area contributed by atoms with Gasteiger partial charge in [0.2, 0.25) is 0 Å². The molecule has 0 aliphatic carbocycles. The van der Waals surface area contributed by atoms with Crippen molar-refractivity contribution in [2.45, 2.75) is 17.3 Å². The van der Waals surface area contributed by atoms with Crippen molar-refractivity contribution >= 4 is 11.8 Å². The lowest BCUT2D eigenvalue weighted by atomic mass is 10.3. The summed E-state index contributed by atoms with van der Waals surface area (Å²) in [6.07, 6.45) is -4.27. The Balaban J connectivity index is 2.58. The van der Waals surface area contributed by atoms with Crippen LogP contribution in [0.2, 0.25) is 0 Å². The van der Waals surface area contributed by atoms with E-state index in [0.717, 1.165) is 24.0 Å². The van der Waals surface area contributed by atoms with E-state index in [9.17, 15) is 13.2 Å². The number of aliphatic hydroxyl groups is 1. The van der Waals surface area contributed by atoms with Crippen LogP contribution in [0.5, 0.6) is 0 Å².